The molecule has 2 saturated heterocycles. The fourth-order valence-electron chi connectivity index (χ4n) is 2.18. The Hall–Kier alpha value is 0.0700. The molecule has 3 unspecified atom stereocenters. The van der Waals surface area contributed by atoms with Gasteiger partial charge in [-0.05, 0) is 26.8 Å². The minimum atomic E-state index is -0.755. The van der Waals surface area contributed by atoms with Crippen molar-refractivity contribution in [1.82, 2.24) is 9.21 Å². The third-order valence-electron chi connectivity index (χ3n) is 2.93. The van der Waals surface area contributed by atoms with E-state index in [1.54, 1.807) is 0 Å². The average molecular weight is 202 g/mol. The van der Waals surface area contributed by atoms with Gasteiger partial charge in [-0.1, -0.05) is 0 Å². The molecule has 0 aromatic rings. The van der Waals surface area contributed by atoms with Crippen LogP contribution in [0.3, 0.4) is 0 Å². The maximum absolute atomic E-state index is 11.9. The maximum atomic E-state index is 11.9. The normalized spacial score (nSPS) is 36.8. The van der Waals surface area contributed by atoms with Crippen LogP contribution in [0.25, 0.3) is 0 Å². The van der Waals surface area contributed by atoms with Crippen molar-refractivity contribution in [3.05, 3.63) is 0 Å². The highest BCUT2D eigenvalue weighted by atomic mass is 32.2. The van der Waals surface area contributed by atoms with Gasteiger partial charge in [-0.2, -0.15) is 0 Å². The smallest absolute Gasteiger partial charge is 0.0972 e. The Kier molecular flexibility index (Phi) is 2.72. The van der Waals surface area contributed by atoms with Crippen molar-refractivity contribution < 1.29 is 4.21 Å². The standard InChI is InChI=1S/C9H18N2OS/c1-8(2)13(12)11-6-5-10-4-3-9(11)7-10/h8-9H,3-7H2,1-2H3. The van der Waals surface area contributed by atoms with Crippen molar-refractivity contribution >= 4 is 11.0 Å². The number of rotatable bonds is 2. The number of hydrogen-bond donors (Lipinski definition) is 0. The van der Waals surface area contributed by atoms with Crippen molar-refractivity contribution in [2.45, 2.75) is 31.6 Å². The lowest BCUT2D eigenvalue weighted by Crippen LogP contribution is -2.48. The van der Waals surface area contributed by atoms with Gasteiger partial charge in [0.25, 0.3) is 0 Å². The Morgan fingerprint density at radius 1 is 1.31 bits per heavy atom. The second-order valence-electron chi connectivity index (χ2n) is 4.21. The molecule has 0 aliphatic carbocycles. The van der Waals surface area contributed by atoms with Crippen LogP contribution in [0, 0.1) is 0 Å². The van der Waals surface area contributed by atoms with Crippen LogP contribution in [0.2, 0.25) is 0 Å². The molecule has 0 saturated carbocycles. The highest BCUT2D eigenvalue weighted by Gasteiger charge is 2.35. The highest BCUT2D eigenvalue weighted by Crippen LogP contribution is 2.22. The fourth-order valence-corrected chi connectivity index (χ4v) is 3.45. The molecule has 2 rings (SSSR count). The SMILES string of the molecule is CC(C)S(=O)N1CCN2CCC1C2. The van der Waals surface area contributed by atoms with Gasteiger partial charge in [0, 0.05) is 30.9 Å². The first-order chi connectivity index (χ1) is 6.18. The van der Waals surface area contributed by atoms with E-state index in [0.29, 0.717) is 6.04 Å². The molecule has 0 aromatic carbocycles. The monoisotopic (exact) mass is 202 g/mol. The molecule has 0 radical (unpaired) electrons. The summed E-state index contributed by atoms with van der Waals surface area (Å²) in [7, 11) is -0.755. The van der Waals surface area contributed by atoms with Gasteiger partial charge in [0.05, 0.1) is 11.0 Å². The summed E-state index contributed by atoms with van der Waals surface area (Å²) in [4.78, 5) is 2.47. The molecule has 0 N–H and O–H groups in total. The van der Waals surface area contributed by atoms with Crippen molar-refractivity contribution in [1.29, 1.82) is 0 Å². The Morgan fingerprint density at radius 2 is 2.08 bits per heavy atom. The van der Waals surface area contributed by atoms with Gasteiger partial charge in [0.15, 0.2) is 0 Å². The first kappa shape index (κ1) is 9.62. The van der Waals surface area contributed by atoms with Gasteiger partial charge >= 0.3 is 0 Å². The maximum Gasteiger partial charge on any atom is 0.0972 e. The predicted molar refractivity (Wildman–Crippen MR) is 54.8 cm³/mol. The minimum absolute atomic E-state index is 0.271. The summed E-state index contributed by atoms with van der Waals surface area (Å²) < 4.78 is 14.1. The molecule has 3 nitrogen and oxygen atoms in total. The zero-order chi connectivity index (χ0) is 9.42. The minimum Gasteiger partial charge on any atom is -0.300 e. The lowest BCUT2D eigenvalue weighted by Gasteiger charge is -2.33. The molecule has 3 atom stereocenters. The molecule has 13 heavy (non-hydrogen) atoms. The molecule has 0 spiro atoms. The van der Waals surface area contributed by atoms with Crippen LogP contribution >= 0.6 is 0 Å². The zero-order valence-corrected chi connectivity index (χ0v) is 9.22. The Balaban J connectivity index is 2.03. The number of nitrogens with zero attached hydrogens (tertiary/aromatic N) is 2. The van der Waals surface area contributed by atoms with Gasteiger partial charge in [0.1, 0.15) is 0 Å². The summed E-state index contributed by atoms with van der Waals surface area (Å²) in [6, 6.07) is 0.567. The highest BCUT2D eigenvalue weighted by molar-refractivity contribution is 7.83. The lowest BCUT2D eigenvalue weighted by atomic mass is 10.2. The van der Waals surface area contributed by atoms with Crippen LogP contribution in [0.5, 0.6) is 0 Å². The van der Waals surface area contributed by atoms with Crippen molar-refractivity contribution in [3.63, 3.8) is 0 Å². The molecule has 4 heteroatoms. The molecule has 2 aliphatic heterocycles. The molecule has 2 fully saturated rings. The Morgan fingerprint density at radius 3 is 2.77 bits per heavy atom. The zero-order valence-electron chi connectivity index (χ0n) is 8.40. The van der Waals surface area contributed by atoms with E-state index < -0.39 is 11.0 Å². The first-order valence-corrected chi connectivity index (χ1v) is 6.25. The van der Waals surface area contributed by atoms with Crippen LogP contribution in [0.15, 0.2) is 0 Å². The molecule has 76 valence electrons. The van der Waals surface area contributed by atoms with E-state index in [0.717, 1.165) is 19.6 Å². The van der Waals surface area contributed by atoms with Crippen LogP contribution in [-0.2, 0) is 11.0 Å². The summed E-state index contributed by atoms with van der Waals surface area (Å²) in [6.45, 7) is 8.52. The lowest BCUT2D eigenvalue weighted by molar-refractivity contribution is 0.219. The Bertz CT molecular complexity index is 220. The van der Waals surface area contributed by atoms with Gasteiger partial charge < -0.3 is 4.90 Å². The van der Waals surface area contributed by atoms with Crippen LogP contribution in [0.4, 0.5) is 0 Å². The molecule has 2 aliphatic rings. The third kappa shape index (κ3) is 1.80. The van der Waals surface area contributed by atoms with E-state index in [1.165, 1.54) is 13.0 Å². The van der Waals surface area contributed by atoms with Gasteiger partial charge in [-0.3, -0.25) is 0 Å². The largest absolute Gasteiger partial charge is 0.300 e. The average Bonchev–Trinajstić information content (AvgIpc) is 2.47. The van der Waals surface area contributed by atoms with Gasteiger partial charge in [-0.15, -0.1) is 0 Å². The van der Waals surface area contributed by atoms with Crippen LogP contribution in [0.1, 0.15) is 20.3 Å². The summed E-state index contributed by atoms with van der Waals surface area (Å²) in [5, 5.41) is 0.271. The molecule has 2 heterocycles. The predicted octanol–water partition coefficient (Wildman–Crippen LogP) is 0.448. The first-order valence-electron chi connectivity index (χ1n) is 5.08. The summed E-state index contributed by atoms with van der Waals surface area (Å²) in [5.41, 5.74) is 0. The molecule has 0 amide bonds. The number of piperazine rings is 1. The summed E-state index contributed by atoms with van der Waals surface area (Å²) in [6.07, 6.45) is 1.21. The molecular weight excluding hydrogens is 184 g/mol. The van der Waals surface area contributed by atoms with Crippen LogP contribution in [-0.4, -0.2) is 50.9 Å². The number of fused-ring (bicyclic) bond motifs is 2. The van der Waals surface area contributed by atoms with E-state index in [9.17, 15) is 4.21 Å². The van der Waals surface area contributed by atoms with Crippen LogP contribution < -0.4 is 0 Å². The third-order valence-corrected chi connectivity index (χ3v) is 4.68. The molecular formula is C9H18N2OS. The van der Waals surface area contributed by atoms with Gasteiger partial charge in [-0.25, -0.2) is 8.51 Å². The quantitative estimate of drug-likeness (QED) is 0.649. The molecule has 2 bridgehead atoms. The number of hydrogen-bond acceptors (Lipinski definition) is 2. The van der Waals surface area contributed by atoms with E-state index in [4.69, 9.17) is 0 Å². The van der Waals surface area contributed by atoms with Gasteiger partial charge in [0.2, 0.25) is 0 Å². The fraction of sp³-hybridized carbons (Fsp3) is 1.00. The van der Waals surface area contributed by atoms with Crippen molar-refractivity contribution in [3.8, 4) is 0 Å². The topological polar surface area (TPSA) is 23.6 Å². The van der Waals surface area contributed by atoms with Crippen molar-refractivity contribution in [2.24, 2.45) is 0 Å². The Labute approximate surface area is 82.7 Å². The van der Waals surface area contributed by atoms with E-state index in [2.05, 4.69) is 9.21 Å². The summed E-state index contributed by atoms with van der Waals surface area (Å²) >= 11 is 0. The van der Waals surface area contributed by atoms with E-state index in [1.807, 2.05) is 13.8 Å². The van der Waals surface area contributed by atoms with E-state index >= 15 is 0 Å². The molecule has 0 aromatic heterocycles. The summed E-state index contributed by atoms with van der Waals surface area (Å²) in [5.74, 6) is 0. The van der Waals surface area contributed by atoms with E-state index in [-0.39, 0.29) is 5.25 Å². The second kappa shape index (κ2) is 3.67. The second-order valence-corrected chi connectivity index (χ2v) is 6.17. The van der Waals surface area contributed by atoms with Crippen molar-refractivity contribution in [2.75, 3.05) is 26.2 Å².